The molecule has 2 N–H and O–H groups in total. The average Bonchev–Trinajstić information content (AvgIpc) is 3.80. The summed E-state index contributed by atoms with van der Waals surface area (Å²) >= 11 is 8.20. The molecule has 4 atom stereocenters. The molecule has 7 rings (SSSR count). The van der Waals surface area contributed by atoms with Crippen molar-refractivity contribution >= 4 is 60.7 Å². The second-order valence-corrected chi connectivity index (χ2v) is 14.1. The van der Waals surface area contributed by atoms with Gasteiger partial charge in [0, 0.05) is 48.9 Å². The molecule has 3 fully saturated rings. The van der Waals surface area contributed by atoms with Crippen molar-refractivity contribution in [1.82, 2.24) is 19.8 Å². The summed E-state index contributed by atoms with van der Waals surface area (Å²) < 4.78 is 36.0. The topological polar surface area (TPSA) is 112 Å². The average molecular weight is 678 g/mol. The molecule has 5 heterocycles. The zero-order chi connectivity index (χ0) is 33.2. The van der Waals surface area contributed by atoms with Crippen LogP contribution in [0, 0.1) is 17.1 Å². The lowest BCUT2D eigenvalue weighted by atomic mass is 9.95. The second-order valence-electron chi connectivity index (χ2n) is 12.7. The van der Waals surface area contributed by atoms with Crippen LogP contribution in [0.2, 0.25) is 5.02 Å². The smallest absolute Gasteiger partial charge is 0.319 e. The number of carbonyl (C=O) groups is 1. The molecule has 2 aromatic heterocycles. The molecule has 1 amide bonds. The predicted molar refractivity (Wildman–Crippen MR) is 181 cm³/mol. The number of aromatic nitrogens is 2. The van der Waals surface area contributed by atoms with Gasteiger partial charge in [-0.1, -0.05) is 30.3 Å². The number of thiophene rings is 1. The number of nitriles is 1. The molecule has 2 aromatic carbocycles. The number of alkyl halides is 1. The number of hydrogen-bond donors (Lipinski definition) is 1. The molecule has 2 unspecified atom stereocenters. The number of nitrogens with two attached hydrogens (primary N) is 1. The maximum absolute atomic E-state index is 14.9. The van der Waals surface area contributed by atoms with Crippen LogP contribution in [0.3, 0.4) is 0 Å². The molecule has 0 aliphatic carbocycles. The van der Waals surface area contributed by atoms with E-state index in [1.54, 1.807) is 11.0 Å². The summed E-state index contributed by atoms with van der Waals surface area (Å²) in [6.07, 6.45) is 3.34. The number of nitrogens with zero attached hydrogens (tertiary/aromatic N) is 6. The molecule has 3 aliphatic heterocycles. The molecular weight excluding hydrogens is 644 g/mol. The number of ether oxygens (including phenoxy) is 1. The highest BCUT2D eigenvalue weighted by molar-refractivity contribution is 7.23. The van der Waals surface area contributed by atoms with E-state index in [-0.39, 0.29) is 50.9 Å². The van der Waals surface area contributed by atoms with Gasteiger partial charge in [0.05, 0.1) is 32.4 Å². The van der Waals surface area contributed by atoms with Crippen LogP contribution in [0.25, 0.3) is 32.1 Å². The van der Waals surface area contributed by atoms with E-state index >= 15 is 0 Å². The number of rotatable bonds is 7. The Hall–Kier alpha value is -4.05. The molecule has 47 heavy (non-hydrogen) atoms. The van der Waals surface area contributed by atoms with Gasteiger partial charge in [-0.25, -0.2) is 8.78 Å². The highest BCUT2D eigenvalue weighted by Crippen LogP contribution is 2.46. The molecule has 3 saturated heterocycles. The highest BCUT2D eigenvalue weighted by Gasteiger charge is 2.49. The van der Waals surface area contributed by atoms with E-state index in [0.29, 0.717) is 59.2 Å². The minimum absolute atomic E-state index is 0.0713. The number of halogens is 3. The van der Waals surface area contributed by atoms with Crippen molar-refractivity contribution in [3.63, 3.8) is 0 Å². The molecule has 0 bridgehead atoms. The Labute approximate surface area is 280 Å². The molecule has 0 radical (unpaired) electrons. The van der Waals surface area contributed by atoms with E-state index in [1.807, 2.05) is 31.0 Å². The maximum atomic E-state index is 14.9. The third kappa shape index (κ3) is 5.07. The number of likely N-dealkylation sites (N-methyl/N-ethyl adjacent to an activating group) is 1. The number of amides is 1. The Morgan fingerprint density at radius 3 is 2.87 bits per heavy atom. The molecule has 4 aromatic rings. The summed E-state index contributed by atoms with van der Waals surface area (Å²) in [5.74, 6) is -0.0316. The normalized spacial score (nSPS) is 24.2. The standard InChI is InChI=1S/C34H34ClF2N7O2S/c1-4-26(45)44-13-10-25(18(44)2)42(3)32-22-7-6-21(20-8-9-24(37)30-27(20)23(15-38)31(39)47-30)28(35)29(22)40-33(41-32)46-17-34-11-5-12-43(34)16-19(36)14-34/h4,6-9,18-19,25H,1,5,10-14,16-17,39H2,2-3H3/t18?,19-,25?,34+/m1/s1. The largest absolute Gasteiger partial charge is 0.461 e. The number of benzene rings is 2. The molecule has 244 valence electrons. The van der Waals surface area contributed by atoms with Gasteiger partial charge >= 0.3 is 6.01 Å². The lowest BCUT2D eigenvalue weighted by Crippen LogP contribution is -2.44. The van der Waals surface area contributed by atoms with E-state index in [2.05, 4.69) is 17.5 Å². The van der Waals surface area contributed by atoms with Crippen molar-refractivity contribution in [2.24, 2.45) is 0 Å². The summed E-state index contributed by atoms with van der Waals surface area (Å²) in [4.78, 5) is 28.2. The molecular formula is C34H34ClF2N7O2S. The molecule has 0 saturated carbocycles. The van der Waals surface area contributed by atoms with E-state index in [1.165, 1.54) is 12.1 Å². The van der Waals surface area contributed by atoms with Crippen LogP contribution in [0.1, 0.15) is 38.2 Å². The zero-order valence-electron chi connectivity index (χ0n) is 26.1. The Kier molecular flexibility index (Phi) is 7.97. The van der Waals surface area contributed by atoms with Crippen molar-refractivity contribution in [2.45, 2.75) is 56.4 Å². The number of likely N-dealkylation sites (tertiary alicyclic amines) is 1. The first-order valence-corrected chi connectivity index (χ1v) is 16.9. The Morgan fingerprint density at radius 2 is 2.11 bits per heavy atom. The summed E-state index contributed by atoms with van der Waals surface area (Å²) in [6.45, 7) is 7.69. The van der Waals surface area contributed by atoms with Gasteiger partial charge in [0.15, 0.2) is 0 Å². The van der Waals surface area contributed by atoms with Crippen LogP contribution in [0.15, 0.2) is 36.9 Å². The third-order valence-corrected chi connectivity index (χ3v) is 11.6. The maximum Gasteiger partial charge on any atom is 0.319 e. The second kappa shape index (κ2) is 11.9. The van der Waals surface area contributed by atoms with Crippen molar-refractivity contribution in [1.29, 1.82) is 5.26 Å². The van der Waals surface area contributed by atoms with Gasteiger partial charge in [-0.2, -0.15) is 15.2 Å². The fourth-order valence-electron chi connectivity index (χ4n) is 7.87. The third-order valence-electron chi connectivity index (χ3n) is 10.2. The minimum Gasteiger partial charge on any atom is -0.461 e. The summed E-state index contributed by atoms with van der Waals surface area (Å²) in [6, 6.07) is 8.64. The quantitative estimate of drug-likeness (QED) is 0.226. The van der Waals surface area contributed by atoms with E-state index < -0.39 is 17.5 Å². The van der Waals surface area contributed by atoms with Gasteiger partial charge in [0.25, 0.3) is 0 Å². The van der Waals surface area contributed by atoms with Gasteiger partial charge in [0.2, 0.25) is 5.91 Å². The van der Waals surface area contributed by atoms with Crippen LogP contribution in [-0.2, 0) is 4.79 Å². The predicted octanol–water partition coefficient (Wildman–Crippen LogP) is 6.32. The lowest BCUT2D eigenvalue weighted by molar-refractivity contribution is -0.126. The Bertz CT molecular complexity index is 1980. The number of anilines is 2. The van der Waals surface area contributed by atoms with E-state index in [4.69, 9.17) is 32.0 Å². The van der Waals surface area contributed by atoms with E-state index in [9.17, 15) is 18.8 Å². The highest BCUT2D eigenvalue weighted by atomic mass is 35.5. The van der Waals surface area contributed by atoms with Crippen LogP contribution in [-0.4, -0.2) is 82.8 Å². The van der Waals surface area contributed by atoms with Gasteiger partial charge in [-0.05, 0) is 56.5 Å². The molecule has 3 aliphatic rings. The number of fused-ring (bicyclic) bond motifs is 3. The van der Waals surface area contributed by atoms with Crippen molar-refractivity contribution in [3.8, 4) is 23.2 Å². The fraction of sp³-hybridized carbons (Fsp3) is 0.412. The number of hydrogen-bond acceptors (Lipinski definition) is 9. The zero-order valence-corrected chi connectivity index (χ0v) is 27.7. The number of carbonyl (C=O) groups excluding carboxylic acids is 1. The van der Waals surface area contributed by atoms with Crippen LogP contribution in [0.4, 0.5) is 19.6 Å². The number of nitrogen functional groups attached to an aromatic ring is 1. The van der Waals surface area contributed by atoms with Gasteiger partial charge in [-0.3, -0.25) is 9.69 Å². The summed E-state index contributed by atoms with van der Waals surface area (Å²) in [5, 5.41) is 11.4. The lowest BCUT2D eigenvalue weighted by Gasteiger charge is -2.33. The summed E-state index contributed by atoms with van der Waals surface area (Å²) in [5.41, 5.74) is 7.41. The SMILES string of the molecule is C=CC(=O)N1CCC(N(C)c2nc(OC[C@@]34CCCN3C[C@H](F)C4)nc3c(Cl)c(-c4ccc(F)c5sc(N)c(C#N)c45)ccc23)C1C. The van der Waals surface area contributed by atoms with Crippen molar-refractivity contribution in [2.75, 3.05) is 43.9 Å². The summed E-state index contributed by atoms with van der Waals surface area (Å²) in [7, 11) is 1.93. The Morgan fingerprint density at radius 1 is 1.32 bits per heavy atom. The van der Waals surface area contributed by atoms with Gasteiger partial charge in [0.1, 0.15) is 35.5 Å². The van der Waals surface area contributed by atoms with Crippen LogP contribution < -0.4 is 15.4 Å². The first-order valence-electron chi connectivity index (χ1n) is 15.7. The Balaban J connectivity index is 1.35. The van der Waals surface area contributed by atoms with Crippen LogP contribution in [0.5, 0.6) is 6.01 Å². The van der Waals surface area contributed by atoms with Crippen molar-refractivity contribution < 1.29 is 18.3 Å². The van der Waals surface area contributed by atoms with E-state index in [0.717, 1.165) is 30.7 Å². The first kappa shape index (κ1) is 31.5. The fourth-order valence-corrected chi connectivity index (χ4v) is 9.12. The van der Waals surface area contributed by atoms with Crippen molar-refractivity contribution in [3.05, 3.63) is 53.3 Å². The molecule has 9 nitrogen and oxygen atoms in total. The molecule has 0 spiro atoms. The van der Waals surface area contributed by atoms with Gasteiger partial charge < -0.3 is 20.3 Å². The molecule has 13 heteroatoms. The monoisotopic (exact) mass is 677 g/mol. The van der Waals surface area contributed by atoms with Gasteiger partial charge in [-0.15, -0.1) is 11.3 Å². The first-order chi connectivity index (χ1) is 22.6. The van der Waals surface area contributed by atoms with Crippen LogP contribution >= 0.6 is 22.9 Å². The minimum atomic E-state index is -0.905.